The van der Waals surface area contributed by atoms with Crippen molar-refractivity contribution in [2.45, 2.75) is 19.3 Å². The van der Waals surface area contributed by atoms with Crippen molar-refractivity contribution in [2.75, 3.05) is 6.61 Å². The van der Waals surface area contributed by atoms with E-state index in [1.54, 1.807) is 5.18 Å². The standard InChI is InChI=1S/C6H7F2NO4/c1-2-13-5(11)6(7,8)3-4(10)9-12/h2-3H2,1H3. The van der Waals surface area contributed by atoms with Gasteiger partial charge in [-0.2, -0.15) is 8.78 Å². The molecule has 0 aliphatic carbocycles. The molecule has 0 spiro atoms. The number of carbonyl (C=O) groups excluding carboxylic acids is 2. The van der Waals surface area contributed by atoms with Gasteiger partial charge >= 0.3 is 11.9 Å². The van der Waals surface area contributed by atoms with Gasteiger partial charge < -0.3 is 4.74 Å². The largest absolute Gasteiger partial charge is 0.462 e. The summed E-state index contributed by atoms with van der Waals surface area (Å²) in [6.07, 6.45) is -1.55. The number of amides is 1. The lowest BCUT2D eigenvalue weighted by atomic mass is 10.2. The first-order valence-electron chi connectivity index (χ1n) is 3.35. The van der Waals surface area contributed by atoms with Gasteiger partial charge in [0.15, 0.2) is 0 Å². The highest BCUT2D eigenvalue weighted by atomic mass is 19.3. The molecule has 0 atom stereocenters. The highest BCUT2D eigenvalue weighted by molar-refractivity contribution is 5.86. The number of hydrogen-bond acceptors (Lipinski definition) is 4. The number of nitroso groups, excluding NO2 is 1. The number of rotatable bonds is 4. The summed E-state index contributed by atoms with van der Waals surface area (Å²) in [6.45, 7) is 1.12. The zero-order chi connectivity index (χ0) is 10.5. The van der Waals surface area contributed by atoms with E-state index in [0.29, 0.717) is 0 Å². The van der Waals surface area contributed by atoms with E-state index in [1.807, 2.05) is 0 Å². The summed E-state index contributed by atoms with van der Waals surface area (Å²) < 4.78 is 29.1. The molecule has 13 heavy (non-hydrogen) atoms. The van der Waals surface area contributed by atoms with E-state index in [1.165, 1.54) is 6.92 Å². The molecule has 0 saturated heterocycles. The summed E-state index contributed by atoms with van der Waals surface area (Å²) in [5, 5.41) is 1.74. The fourth-order valence-electron chi connectivity index (χ4n) is 0.531. The first-order valence-corrected chi connectivity index (χ1v) is 3.35. The Morgan fingerprint density at radius 3 is 2.38 bits per heavy atom. The molecule has 0 aliphatic heterocycles. The van der Waals surface area contributed by atoms with Gasteiger partial charge in [0, 0.05) is 5.18 Å². The van der Waals surface area contributed by atoms with E-state index in [2.05, 4.69) is 4.74 Å². The average molecular weight is 195 g/mol. The van der Waals surface area contributed by atoms with Crippen molar-refractivity contribution in [2.24, 2.45) is 5.18 Å². The second-order valence-electron chi connectivity index (χ2n) is 2.09. The Balaban J connectivity index is 4.29. The first-order chi connectivity index (χ1) is 5.94. The lowest BCUT2D eigenvalue weighted by Gasteiger charge is -2.11. The third-order valence-corrected chi connectivity index (χ3v) is 1.05. The van der Waals surface area contributed by atoms with Crippen molar-refractivity contribution in [1.82, 2.24) is 0 Å². The van der Waals surface area contributed by atoms with Crippen molar-refractivity contribution in [3.63, 3.8) is 0 Å². The Morgan fingerprint density at radius 1 is 1.46 bits per heavy atom. The van der Waals surface area contributed by atoms with Crippen LogP contribution in [0.5, 0.6) is 0 Å². The normalized spacial score (nSPS) is 10.7. The monoisotopic (exact) mass is 195 g/mol. The number of esters is 1. The summed E-state index contributed by atoms with van der Waals surface area (Å²) in [7, 11) is 0. The average Bonchev–Trinajstić information content (AvgIpc) is 2.04. The number of nitrogens with zero attached hydrogens (tertiary/aromatic N) is 1. The molecule has 0 saturated carbocycles. The molecule has 0 bridgehead atoms. The maximum absolute atomic E-state index is 12.5. The summed E-state index contributed by atoms with van der Waals surface area (Å²) in [6, 6.07) is 0. The number of halogens is 2. The van der Waals surface area contributed by atoms with Gasteiger partial charge in [0.2, 0.25) is 0 Å². The van der Waals surface area contributed by atoms with Gasteiger partial charge in [-0.1, -0.05) is 0 Å². The third kappa shape index (κ3) is 3.68. The van der Waals surface area contributed by atoms with Crippen LogP contribution in [0.25, 0.3) is 0 Å². The molecule has 1 amide bonds. The van der Waals surface area contributed by atoms with E-state index in [4.69, 9.17) is 0 Å². The Bertz CT molecular complexity index is 229. The van der Waals surface area contributed by atoms with Crippen LogP contribution in [0.15, 0.2) is 5.18 Å². The minimum atomic E-state index is -3.97. The van der Waals surface area contributed by atoms with Crippen LogP contribution < -0.4 is 0 Å². The summed E-state index contributed by atoms with van der Waals surface area (Å²) in [5.74, 6) is -7.38. The maximum atomic E-state index is 12.5. The Kier molecular flexibility index (Phi) is 4.09. The van der Waals surface area contributed by atoms with E-state index in [0.717, 1.165) is 0 Å². The van der Waals surface area contributed by atoms with Crippen molar-refractivity contribution < 1.29 is 23.1 Å². The van der Waals surface area contributed by atoms with E-state index in [9.17, 15) is 23.3 Å². The van der Waals surface area contributed by atoms with E-state index < -0.39 is 24.2 Å². The van der Waals surface area contributed by atoms with Gasteiger partial charge in [-0.15, -0.1) is 4.91 Å². The minimum absolute atomic E-state index is 0.225. The lowest BCUT2D eigenvalue weighted by Crippen LogP contribution is -2.32. The molecule has 0 aliphatic rings. The summed E-state index contributed by atoms with van der Waals surface area (Å²) >= 11 is 0. The Morgan fingerprint density at radius 2 is 2.00 bits per heavy atom. The third-order valence-electron chi connectivity index (χ3n) is 1.05. The van der Waals surface area contributed by atoms with Crippen molar-refractivity contribution >= 4 is 11.9 Å². The van der Waals surface area contributed by atoms with Gasteiger partial charge in [0.25, 0.3) is 5.91 Å². The van der Waals surface area contributed by atoms with Crippen LogP contribution in [0.3, 0.4) is 0 Å². The van der Waals surface area contributed by atoms with Crippen LogP contribution in [0.1, 0.15) is 13.3 Å². The van der Waals surface area contributed by atoms with Crippen LogP contribution in [0, 0.1) is 4.91 Å². The first kappa shape index (κ1) is 11.6. The van der Waals surface area contributed by atoms with E-state index in [-0.39, 0.29) is 6.61 Å². The van der Waals surface area contributed by atoms with Gasteiger partial charge in [-0.3, -0.25) is 4.79 Å². The fourth-order valence-corrected chi connectivity index (χ4v) is 0.531. The van der Waals surface area contributed by atoms with Crippen LogP contribution in [0.4, 0.5) is 8.78 Å². The molecule has 0 N–H and O–H groups in total. The number of ether oxygens (including phenoxy) is 1. The number of hydrogen-bond donors (Lipinski definition) is 0. The molecular formula is C6H7F2NO4. The van der Waals surface area contributed by atoms with Crippen LogP contribution >= 0.6 is 0 Å². The minimum Gasteiger partial charge on any atom is -0.462 e. The molecule has 0 rings (SSSR count). The van der Waals surface area contributed by atoms with Crippen LogP contribution in [-0.2, 0) is 14.3 Å². The molecule has 0 radical (unpaired) electrons. The second kappa shape index (κ2) is 4.58. The smallest absolute Gasteiger partial charge is 0.377 e. The Hall–Kier alpha value is -1.40. The molecule has 0 aromatic heterocycles. The van der Waals surface area contributed by atoms with Crippen molar-refractivity contribution in [1.29, 1.82) is 0 Å². The molecule has 5 nitrogen and oxygen atoms in total. The topological polar surface area (TPSA) is 72.8 Å². The van der Waals surface area contributed by atoms with Crippen LogP contribution in [-0.4, -0.2) is 24.4 Å². The molecule has 7 heteroatoms. The highest BCUT2D eigenvalue weighted by Gasteiger charge is 2.43. The zero-order valence-corrected chi connectivity index (χ0v) is 6.75. The molecule has 0 heterocycles. The van der Waals surface area contributed by atoms with Gasteiger partial charge in [-0.05, 0) is 6.92 Å². The van der Waals surface area contributed by atoms with Crippen LogP contribution in [0.2, 0.25) is 0 Å². The molecule has 74 valence electrons. The fraction of sp³-hybridized carbons (Fsp3) is 0.667. The molecule has 0 aromatic carbocycles. The summed E-state index contributed by atoms with van der Waals surface area (Å²) in [5.41, 5.74) is 0. The van der Waals surface area contributed by atoms with Gasteiger partial charge in [0.1, 0.15) is 6.42 Å². The molecule has 0 unspecified atom stereocenters. The predicted molar refractivity (Wildman–Crippen MR) is 37.0 cm³/mol. The zero-order valence-electron chi connectivity index (χ0n) is 6.75. The van der Waals surface area contributed by atoms with E-state index >= 15 is 0 Å². The second-order valence-corrected chi connectivity index (χ2v) is 2.09. The van der Waals surface area contributed by atoms with Crippen molar-refractivity contribution in [3.05, 3.63) is 4.91 Å². The lowest BCUT2D eigenvalue weighted by molar-refractivity contribution is -0.173. The Labute approximate surface area is 72.0 Å². The SMILES string of the molecule is CCOC(=O)C(F)(F)CC(=O)N=O. The maximum Gasteiger partial charge on any atom is 0.377 e. The molecule has 0 fully saturated rings. The van der Waals surface area contributed by atoms with Crippen molar-refractivity contribution in [3.8, 4) is 0 Å². The molecular weight excluding hydrogens is 188 g/mol. The molecule has 0 aromatic rings. The number of alkyl halides is 2. The van der Waals surface area contributed by atoms with Gasteiger partial charge in [0.05, 0.1) is 6.61 Å². The summed E-state index contributed by atoms with van der Waals surface area (Å²) in [4.78, 5) is 30.1. The van der Waals surface area contributed by atoms with Gasteiger partial charge in [-0.25, -0.2) is 4.79 Å². The number of carbonyl (C=O) groups is 2. The quantitative estimate of drug-likeness (QED) is 0.492. The predicted octanol–water partition coefficient (Wildman–Crippen LogP) is 0.868. The highest BCUT2D eigenvalue weighted by Crippen LogP contribution is 2.20.